The van der Waals surface area contributed by atoms with Crippen molar-refractivity contribution in [1.29, 1.82) is 0 Å². The number of ether oxygens (including phenoxy) is 2. The molecule has 0 radical (unpaired) electrons. The van der Waals surface area contributed by atoms with Crippen LogP contribution < -0.4 is 9.47 Å². The molecule has 0 aliphatic rings. The van der Waals surface area contributed by atoms with Gasteiger partial charge in [-0.25, -0.2) is 0 Å². The highest BCUT2D eigenvalue weighted by Gasteiger charge is 2.22. The lowest BCUT2D eigenvalue weighted by molar-refractivity contribution is 0.314. The fourth-order valence-electron chi connectivity index (χ4n) is 7.62. The Morgan fingerprint density at radius 3 is 0.810 bits per heavy atom. The highest BCUT2D eigenvalue weighted by Crippen LogP contribution is 2.48. The second-order valence-corrected chi connectivity index (χ2v) is 18.7. The molecule has 0 amide bonds. The minimum Gasteiger partial charge on any atom is -0.504 e. The Balaban J connectivity index is 2.32. The smallest absolute Gasteiger partial charge is 0.207 e. The molecule has 0 fully saturated rings. The highest BCUT2D eigenvalue weighted by atomic mass is 16.5. The van der Waals surface area contributed by atoms with Crippen molar-refractivity contribution in [1.82, 2.24) is 0 Å². The maximum absolute atomic E-state index is 10.7. The lowest BCUT2D eigenvalue weighted by Crippen LogP contribution is -1.98. The number of hydrogen-bond acceptors (Lipinski definition) is 4. The summed E-state index contributed by atoms with van der Waals surface area (Å²) < 4.78 is 10.5. The minimum absolute atomic E-state index is 0.00634. The number of hydrogen-bond donors (Lipinski definition) is 2. The van der Waals surface area contributed by atoms with E-state index in [9.17, 15) is 10.2 Å². The van der Waals surface area contributed by atoms with Crippen LogP contribution in [0.1, 0.15) is 203 Å². The average Bonchev–Trinajstić information content (AvgIpc) is 3.21. The zero-order chi connectivity index (χ0) is 47.2. The molecule has 1 aromatic rings. The van der Waals surface area contributed by atoms with Crippen LogP contribution in [0, 0.1) is 6.92 Å². The Morgan fingerprint density at radius 1 is 0.349 bits per heavy atom. The Hall–Kier alpha value is -4.18. The van der Waals surface area contributed by atoms with Gasteiger partial charge in [-0.15, -0.1) is 0 Å². The van der Waals surface area contributed by atoms with Crippen LogP contribution in [0.3, 0.4) is 0 Å². The van der Waals surface area contributed by atoms with Crippen LogP contribution in [0.5, 0.6) is 23.0 Å². The maximum Gasteiger partial charge on any atom is 0.207 e. The Labute approximate surface area is 388 Å². The molecule has 2 N–H and O–H groups in total. The third-order valence-electron chi connectivity index (χ3n) is 12.1. The molecule has 4 nitrogen and oxygen atoms in total. The molecule has 0 heterocycles. The standard InChI is InChI=1S/C59H92O4/c1-44(2)24-15-25-45(3)26-16-27-46(4)28-17-29-47(5)30-18-31-48(6)32-19-33-49(7)34-20-35-50(8)36-21-37-51(9)38-22-39-52(10)40-23-41-53(11)42-43-55-54(12)56(60)58(62-13)59(63-14)57(55)61/h24,26,28,30,32,34,36,38,40,42,60-61H,15-23,25,27,29,31,33,35,37,39,41,43H2,1-14H3/b45-26+,46-28+,47-30+,48-32+,49-34+,50-36+,51-38+,52-40+,53-42+. The monoisotopic (exact) mass is 865 g/mol. The molecule has 0 aliphatic carbocycles. The molecule has 4 heteroatoms. The summed E-state index contributed by atoms with van der Waals surface area (Å²) in [5, 5.41) is 21.3. The van der Waals surface area contributed by atoms with E-state index in [1.807, 2.05) is 0 Å². The van der Waals surface area contributed by atoms with Crippen LogP contribution in [0.15, 0.2) is 116 Å². The van der Waals surface area contributed by atoms with Crippen molar-refractivity contribution in [2.75, 3.05) is 14.2 Å². The first-order chi connectivity index (χ1) is 30.0. The molecule has 0 unspecified atom stereocenters. The van der Waals surface area contributed by atoms with E-state index in [1.165, 1.54) is 89.2 Å². The van der Waals surface area contributed by atoms with Crippen molar-refractivity contribution in [3.05, 3.63) is 128 Å². The van der Waals surface area contributed by atoms with E-state index >= 15 is 0 Å². The number of phenols is 2. The van der Waals surface area contributed by atoms with E-state index in [4.69, 9.17) is 9.47 Å². The maximum atomic E-state index is 10.7. The molecular weight excluding hydrogens is 773 g/mol. The molecule has 0 atom stereocenters. The van der Waals surface area contributed by atoms with Crippen molar-refractivity contribution in [3.63, 3.8) is 0 Å². The summed E-state index contributed by atoms with van der Waals surface area (Å²) in [6.07, 6.45) is 44.6. The summed E-state index contributed by atoms with van der Waals surface area (Å²) in [6.45, 7) is 26.5. The lowest BCUT2D eigenvalue weighted by atomic mass is 9.99. The van der Waals surface area contributed by atoms with Gasteiger partial charge in [0.25, 0.3) is 0 Å². The average molecular weight is 865 g/mol. The second kappa shape index (κ2) is 33.3. The SMILES string of the molecule is COc1c(O)c(C)c(C/C=C(\C)CC/C=C(\C)CC/C=C(\C)CC/C=C(\C)CC/C=C(\C)CC/C=C(\C)CC/C=C(\C)CC/C=C(\C)CC/C=C(\C)CCC=C(C)C)c(O)c1OC. The van der Waals surface area contributed by atoms with Gasteiger partial charge >= 0.3 is 0 Å². The predicted molar refractivity (Wildman–Crippen MR) is 278 cm³/mol. The second-order valence-electron chi connectivity index (χ2n) is 18.7. The Kier molecular flexibility index (Phi) is 30.1. The molecule has 0 aromatic heterocycles. The van der Waals surface area contributed by atoms with Crippen LogP contribution in [-0.2, 0) is 6.42 Å². The molecule has 0 saturated heterocycles. The number of allylic oxidation sites excluding steroid dienone is 20. The Bertz CT molecular complexity index is 1840. The van der Waals surface area contributed by atoms with Crippen LogP contribution in [0.2, 0.25) is 0 Å². The van der Waals surface area contributed by atoms with Gasteiger partial charge in [-0.05, 0) is 205 Å². The molecular formula is C59H92O4. The van der Waals surface area contributed by atoms with Crippen molar-refractivity contribution in [2.45, 2.75) is 205 Å². The molecule has 0 saturated carbocycles. The van der Waals surface area contributed by atoms with Crippen LogP contribution in [0.4, 0.5) is 0 Å². The number of phenolic OH excluding ortho intramolecular Hbond substituents is 2. The van der Waals surface area contributed by atoms with E-state index in [1.54, 1.807) is 6.92 Å². The zero-order valence-corrected chi connectivity index (χ0v) is 42.9. The largest absolute Gasteiger partial charge is 0.504 e. The molecule has 0 spiro atoms. The molecule has 0 aliphatic heterocycles. The number of aromatic hydroxyl groups is 2. The summed E-state index contributed by atoms with van der Waals surface area (Å²) in [5.74, 6) is 0.356. The molecule has 352 valence electrons. The quantitative estimate of drug-likeness (QED) is 0.0577. The van der Waals surface area contributed by atoms with Gasteiger partial charge in [0.1, 0.15) is 0 Å². The summed E-state index contributed by atoms with van der Waals surface area (Å²) in [5.41, 5.74) is 15.9. The topological polar surface area (TPSA) is 58.9 Å². The summed E-state index contributed by atoms with van der Waals surface area (Å²) in [4.78, 5) is 0. The van der Waals surface area contributed by atoms with Gasteiger partial charge in [0.15, 0.2) is 11.5 Å². The first-order valence-electron chi connectivity index (χ1n) is 24.2. The summed E-state index contributed by atoms with van der Waals surface area (Å²) in [7, 11) is 2.91. The highest BCUT2D eigenvalue weighted by molar-refractivity contribution is 5.66. The van der Waals surface area contributed by atoms with E-state index in [0.717, 1.165) is 96.3 Å². The summed E-state index contributed by atoms with van der Waals surface area (Å²) >= 11 is 0. The van der Waals surface area contributed by atoms with Gasteiger partial charge in [-0.1, -0.05) is 116 Å². The number of rotatable bonds is 31. The third kappa shape index (κ3) is 26.3. The van der Waals surface area contributed by atoms with Crippen molar-refractivity contribution in [2.24, 2.45) is 0 Å². The lowest BCUT2D eigenvalue weighted by Gasteiger charge is -2.17. The number of methoxy groups -OCH3 is 2. The van der Waals surface area contributed by atoms with Gasteiger partial charge in [0.05, 0.1) is 14.2 Å². The van der Waals surface area contributed by atoms with Gasteiger partial charge in [0, 0.05) is 11.1 Å². The van der Waals surface area contributed by atoms with Crippen molar-refractivity contribution >= 4 is 0 Å². The van der Waals surface area contributed by atoms with E-state index in [2.05, 4.69) is 137 Å². The molecule has 1 aromatic carbocycles. The van der Waals surface area contributed by atoms with Gasteiger partial charge in [-0.3, -0.25) is 0 Å². The predicted octanol–water partition coefficient (Wildman–Crippen LogP) is 18.5. The molecule has 1 rings (SSSR count). The first-order valence-corrected chi connectivity index (χ1v) is 24.2. The Morgan fingerprint density at radius 2 is 0.571 bits per heavy atom. The fourth-order valence-corrected chi connectivity index (χ4v) is 7.62. The van der Waals surface area contributed by atoms with Crippen LogP contribution in [-0.4, -0.2) is 24.4 Å². The molecule has 0 bridgehead atoms. The van der Waals surface area contributed by atoms with Crippen LogP contribution >= 0.6 is 0 Å². The van der Waals surface area contributed by atoms with E-state index in [0.29, 0.717) is 17.5 Å². The van der Waals surface area contributed by atoms with E-state index < -0.39 is 0 Å². The van der Waals surface area contributed by atoms with Gasteiger partial charge < -0.3 is 19.7 Å². The molecule has 63 heavy (non-hydrogen) atoms. The van der Waals surface area contributed by atoms with Crippen molar-refractivity contribution in [3.8, 4) is 23.0 Å². The summed E-state index contributed by atoms with van der Waals surface area (Å²) in [6, 6.07) is 0. The third-order valence-corrected chi connectivity index (χ3v) is 12.1. The minimum atomic E-state index is 0.00634. The van der Waals surface area contributed by atoms with Gasteiger partial charge in [0.2, 0.25) is 11.5 Å². The van der Waals surface area contributed by atoms with Gasteiger partial charge in [-0.2, -0.15) is 0 Å². The zero-order valence-electron chi connectivity index (χ0n) is 42.9. The van der Waals surface area contributed by atoms with Crippen molar-refractivity contribution < 1.29 is 19.7 Å². The normalized spacial score (nSPS) is 14.2. The van der Waals surface area contributed by atoms with E-state index in [-0.39, 0.29) is 23.0 Å². The van der Waals surface area contributed by atoms with Crippen LogP contribution in [0.25, 0.3) is 0 Å². The number of benzene rings is 1. The first kappa shape index (κ1) is 56.8. The fraction of sp³-hybridized carbons (Fsp3) is 0.559.